The molecular formula is C21H26Cl2O3. The second-order valence-corrected chi connectivity index (χ2v) is 7.03. The highest BCUT2D eigenvalue weighted by Crippen LogP contribution is 2.17. The van der Waals surface area contributed by atoms with E-state index in [1.54, 1.807) is 12.1 Å². The van der Waals surface area contributed by atoms with Crippen LogP contribution in [0.4, 0.5) is 0 Å². The molecular weight excluding hydrogens is 371 g/mol. The number of carbonyl (C=O) groups is 1. The summed E-state index contributed by atoms with van der Waals surface area (Å²) in [6, 6.07) is 10.9. The van der Waals surface area contributed by atoms with Gasteiger partial charge >= 0.3 is 0 Å². The molecule has 0 bridgehead atoms. The normalized spacial score (nSPS) is 15.4. The molecule has 0 aliphatic carbocycles. The van der Waals surface area contributed by atoms with Gasteiger partial charge in [0.25, 0.3) is 0 Å². The van der Waals surface area contributed by atoms with E-state index >= 15 is 0 Å². The van der Waals surface area contributed by atoms with Gasteiger partial charge in [-0.1, -0.05) is 41.4 Å². The van der Waals surface area contributed by atoms with Crippen molar-refractivity contribution < 1.29 is 14.6 Å². The lowest BCUT2D eigenvalue weighted by molar-refractivity contribution is 0.112. The van der Waals surface area contributed by atoms with E-state index in [2.05, 4.69) is 6.92 Å². The first-order valence-electron chi connectivity index (χ1n) is 8.56. The molecule has 1 heterocycles. The highest BCUT2D eigenvalue weighted by Gasteiger charge is 2.07. The fourth-order valence-corrected chi connectivity index (χ4v) is 2.82. The van der Waals surface area contributed by atoms with Crippen molar-refractivity contribution in [2.24, 2.45) is 0 Å². The monoisotopic (exact) mass is 396 g/mol. The van der Waals surface area contributed by atoms with Gasteiger partial charge in [-0.25, -0.2) is 0 Å². The minimum absolute atomic E-state index is 0.0130. The van der Waals surface area contributed by atoms with Crippen LogP contribution in [0, 0.1) is 13.8 Å². The van der Waals surface area contributed by atoms with E-state index in [0.717, 1.165) is 29.6 Å². The maximum Gasteiger partial charge on any atom is 0.151 e. The summed E-state index contributed by atoms with van der Waals surface area (Å²) in [5.74, 6) is 0. The van der Waals surface area contributed by atoms with E-state index in [0.29, 0.717) is 21.7 Å². The zero-order chi connectivity index (χ0) is 19.5. The van der Waals surface area contributed by atoms with Gasteiger partial charge in [-0.3, -0.25) is 4.79 Å². The summed E-state index contributed by atoms with van der Waals surface area (Å²) in [7, 11) is 0. The predicted molar refractivity (Wildman–Crippen MR) is 108 cm³/mol. The molecule has 0 radical (unpaired) electrons. The fourth-order valence-electron chi connectivity index (χ4n) is 2.25. The van der Waals surface area contributed by atoms with E-state index in [4.69, 9.17) is 33.0 Å². The lowest BCUT2D eigenvalue weighted by Crippen LogP contribution is -1.94. The first-order valence-corrected chi connectivity index (χ1v) is 9.31. The number of halogens is 2. The topological polar surface area (TPSA) is 46.5 Å². The second kappa shape index (κ2) is 12.1. The van der Waals surface area contributed by atoms with Crippen molar-refractivity contribution in [2.75, 3.05) is 6.61 Å². The Morgan fingerprint density at radius 1 is 1.12 bits per heavy atom. The van der Waals surface area contributed by atoms with E-state index < -0.39 is 0 Å². The Labute approximate surface area is 165 Å². The molecule has 0 spiro atoms. The van der Waals surface area contributed by atoms with Gasteiger partial charge in [-0.2, -0.15) is 0 Å². The van der Waals surface area contributed by atoms with E-state index in [1.807, 2.05) is 38.1 Å². The number of hydrogen-bond donors (Lipinski definition) is 1. The number of aldehydes is 1. The van der Waals surface area contributed by atoms with Crippen molar-refractivity contribution in [1.82, 2.24) is 0 Å². The first kappa shape index (κ1) is 22.7. The number of aliphatic hydroxyl groups is 1. The quantitative estimate of drug-likeness (QED) is 0.653. The van der Waals surface area contributed by atoms with Crippen molar-refractivity contribution in [3.8, 4) is 0 Å². The van der Waals surface area contributed by atoms with E-state index in [9.17, 15) is 4.79 Å². The Balaban J connectivity index is 0.000000201. The predicted octanol–water partition coefficient (Wildman–Crippen LogP) is 5.79. The maximum atomic E-state index is 10.3. The van der Waals surface area contributed by atoms with Gasteiger partial charge in [0.2, 0.25) is 0 Å². The molecule has 5 heteroatoms. The van der Waals surface area contributed by atoms with Gasteiger partial charge in [0.05, 0.1) is 17.7 Å². The summed E-state index contributed by atoms with van der Waals surface area (Å²) < 4.78 is 5.15. The van der Waals surface area contributed by atoms with Crippen LogP contribution < -0.4 is 0 Å². The van der Waals surface area contributed by atoms with Crippen molar-refractivity contribution in [3.05, 3.63) is 68.7 Å². The van der Waals surface area contributed by atoms with Crippen LogP contribution in [0.25, 0.3) is 0 Å². The lowest BCUT2D eigenvalue weighted by Gasteiger charge is -1.99. The smallest absolute Gasteiger partial charge is 0.151 e. The molecule has 1 saturated heterocycles. The SMILES string of the molecule is CC1CCCO1.Cc1ccc(C=O)c(Cl)c1.Cc1ccc(CO)c(Cl)c1. The number of ether oxygens (including phenoxy) is 1. The molecule has 1 unspecified atom stereocenters. The largest absolute Gasteiger partial charge is 0.392 e. The summed E-state index contributed by atoms with van der Waals surface area (Å²) in [5, 5.41) is 9.89. The molecule has 3 rings (SSSR count). The number of hydrogen-bond acceptors (Lipinski definition) is 3. The highest BCUT2D eigenvalue weighted by molar-refractivity contribution is 6.33. The number of aliphatic hydroxyl groups excluding tert-OH is 1. The lowest BCUT2D eigenvalue weighted by atomic mass is 10.2. The van der Waals surface area contributed by atoms with Crippen molar-refractivity contribution in [1.29, 1.82) is 0 Å². The summed E-state index contributed by atoms with van der Waals surface area (Å²) in [4.78, 5) is 10.3. The van der Waals surface area contributed by atoms with Crippen LogP contribution in [-0.2, 0) is 11.3 Å². The van der Waals surface area contributed by atoms with Crippen molar-refractivity contribution in [3.63, 3.8) is 0 Å². The standard InChI is InChI=1S/C8H9ClO.C8H7ClO.C5H10O/c2*1-6-2-3-7(5-10)8(9)4-6;1-5-3-2-4-6-5/h2-4,10H,5H2,1H3;2-5H,1H3;5H,2-4H2,1H3. The third kappa shape index (κ3) is 8.33. The number of aryl methyl sites for hydroxylation is 2. The third-order valence-electron chi connectivity index (χ3n) is 3.82. The Bertz CT molecular complexity index is 696. The minimum atomic E-state index is 0.0130. The maximum absolute atomic E-state index is 10.3. The Hall–Kier alpha value is -1.39. The number of rotatable bonds is 2. The van der Waals surface area contributed by atoms with Crippen LogP contribution in [0.1, 0.15) is 46.8 Å². The molecule has 2 aromatic rings. The zero-order valence-electron chi connectivity index (χ0n) is 15.5. The summed E-state index contributed by atoms with van der Waals surface area (Å²) >= 11 is 11.5. The molecule has 2 aromatic carbocycles. The van der Waals surface area contributed by atoms with Gasteiger partial charge in [-0.15, -0.1) is 0 Å². The molecule has 1 fully saturated rings. The van der Waals surface area contributed by atoms with Crippen LogP contribution in [0.5, 0.6) is 0 Å². The van der Waals surface area contributed by atoms with Crippen LogP contribution in [0.3, 0.4) is 0 Å². The molecule has 0 saturated carbocycles. The number of benzene rings is 2. The molecule has 0 amide bonds. The van der Waals surface area contributed by atoms with Crippen molar-refractivity contribution >= 4 is 29.5 Å². The molecule has 1 aliphatic rings. The van der Waals surface area contributed by atoms with Crippen molar-refractivity contribution in [2.45, 2.75) is 46.3 Å². The average Bonchev–Trinajstić information content (AvgIpc) is 3.07. The van der Waals surface area contributed by atoms with Gasteiger partial charge in [0, 0.05) is 17.2 Å². The van der Waals surface area contributed by atoms with Gasteiger partial charge in [-0.05, 0) is 68.5 Å². The first-order chi connectivity index (χ1) is 12.4. The average molecular weight is 397 g/mol. The third-order valence-corrected chi connectivity index (χ3v) is 4.50. The molecule has 3 nitrogen and oxygen atoms in total. The summed E-state index contributed by atoms with van der Waals surface area (Å²) in [5.41, 5.74) is 3.51. The molecule has 1 aliphatic heterocycles. The van der Waals surface area contributed by atoms with Crippen LogP contribution in [-0.4, -0.2) is 24.1 Å². The zero-order valence-corrected chi connectivity index (χ0v) is 17.0. The van der Waals surface area contributed by atoms with E-state index in [1.165, 1.54) is 12.8 Å². The second-order valence-electron chi connectivity index (χ2n) is 6.22. The van der Waals surface area contributed by atoms with Gasteiger partial charge in [0.15, 0.2) is 6.29 Å². The van der Waals surface area contributed by atoms with Crippen LogP contribution in [0.15, 0.2) is 36.4 Å². The Morgan fingerprint density at radius 3 is 2.12 bits per heavy atom. The molecule has 142 valence electrons. The minimum Gasteiger partial charge on any atom is -0.392 e. The number of carbonyl (C=O) groups excluding carboxylic acids is 1. The molecule has 1 N–H and O–H groups in total. The highest BCUT2D eigenvalue weighted by atomic mass is 35.5. The summed E-state index contributed by atoms with van der Waals surface area (Å²) in [6.45, 7) is 7.01. The summed E-state index contributed by atoms with van der Waals surface area (Å²) in [6.07, 6.45) is 3.83. The van der Waals surface area contributed by atoms with Crippen LogP contribution >= 0.6 is 23.2 Å². The van der Waals surface area contributed by atoms with Crippen LogP contribution in [0.2, 0.25) is 10.0 Å². The molecule has 26 heavy (non-hydrogen) atoms. The molecule has 1 atom stereocenters. The van der Waals surface area contributed by atoms with Gasteiger partial charge in [0.1, 0.15) is 0 Å². The Kier molecular flexibility index (Phi) is 10.5. The fraction of sp³-hybridized carbons (Fsp3) is 0.381. The molecule has 0 aromatic heterocycles. The van der Waals surface area contributed by atoms with Gasteiger partial charge < -0.3 is 9.84 Å². The van der Waals surface area contributed by atoms with E-state index in [-0.39, 0.29) is 6.61 Å². The Morgan fingerprint density at radius 2 is 1.73 bits per heavy atom.